The third kappa shape index (κ3) is 5.29. The molecular formula is C14H22N2O4S. The highest BCUT2D eigenvalue weighted by atomic mass is 32.3. The van der Waals surface area contributed by atoms with E-state index in [2.05, 4.69) is 9.44 Å². The zero-order valence-electron chi connectivity index (χ0n) is 12.2. The van der Waals surface area contributed by atoms with Crippen LogP contribution in [0.25, 0.3) is 0 Å². The molecule has 0 aliphatic heterocycles. The van der Waals surface area contributed by atoms with E-state index >= 15 is 0 Å². The normalized spacial score (nSPS) is 22.7. The van der Waals surface area contributed by atoms with Crippen molar-refractivity contribution in [2.75, 3.05) is 0 Å². The van der Waals surface area contributed by atoms with Crippen LogP contribution < -0.4 is 0 Å². The van der Waals surface area contributed by atoms with Gasteiger partial charge in [0, 0.05) is 5.92 Å². The highest BCUT2D eigenvalue weighted by Crippen LogP contribution is 2.25. The van der Waals surface area contributed by atoms with Crippen LogP contribution in [0.5, 0.6) is 0 Å². The standard InChI is InChI=1S/C14H22N2O4S/c15-11-14(12-7-3-1-4-8-12)16-20-21(17,18)19-13-9-5-2-6-10-13/h12-13H,1-10H2. The summed E-state index contributed by atoms with van der Waals surface area (Å²) in [7, 11) is -4.16. The number of nitriles is 1. The molecule has 2 aliphatic carbocycles. The predicted octanol–water partition coefficient (Wildman–Crippen LogP) is 3.06. The Kier molecular flexibility index (Phi) is 6.00. The lowest BCUT2D eigenvalue weighted by Gasteiger charge is -2.21. The van der Waals surface area contributed by atoms with E-state index < -0.39 is 10.4 Å². The second-order valence-corrected chi connectivity index (χ2v) is 6.92. The Bertz CT molecular complexity index is 498. The summed E-state index contributed by atoms with van der Waals surface area (Å²) in [5.74, 6) is 0.00799. The lowest BCUT2D eigenvalue weighted by atomic mass is 9.86. The molecule has 6 nitrogen and oxygen atoms in total. The molecule has 0 radical (unpaired) electrons. The Morgan fingerprint density at radius 2 is 1.57 bits per heavy atom. The number of rotatable bonds is 5. The van der Waals surface area contributed by atoms with Crippen LogP contribution in [-0.2, 0) is 18.9 Å². The van der Waals surface area contributed by atoms with Crippen LogP contribution in [0.4, 0.5) is 0 Å². The summed E-state index contributed by atoms with van der Waals surface area (Å²) < 4.78 is 33.0. The molecule has 2 rings (SSSR count). The fraction of sp³-hybridized carbons (Fsp3) is 0.857. The Morgan fingerprint density at radius 1 is 1.00 bits per heavy atom. The maximum absolute atomic E-state index is 11.7. The fourth-order valence-corrected chi connectivity index (χ4v) is 3.73. The molecule has 21 heavy (non-hydrogen) atoms. The van der Waals surface area contributed by atoms with Gasteiger partial charge in [-0.1, -0.05) is 43.7 Å². The van der Waals surface area contributed by atoms with Crippen molar-refractivity contribution in [1.82, 2.24) is 0 Å². The van der Waals surface area contributed by atoms with Crippen molar-refractivity contribution in [1.29, 1.82) is 5.26 Å². The van der Waals surface area contributed by atoms with Gasteiger partial charge in [-0.15, -0.1) is 0 Å². The fourth-order valence-electron chi connectivity index (χ4n) is 2.99. The van der Waals surface area contributed by atoms with Gasteiger partial charge < -0.3 is 0 Å². The maximum atomic E-state index is 11.7. The average Bonchev–Trinajstić information content (AvgIpc) is 2.49. The van der Waals surface area contributed by atoms with E-state index in [1.165, 1.54) is 0 Å². The van der Waals surface area contributed by atoms with E-state index in [1.807, 2.05) is 6.07 Å². The summed E-state index contributed by atoms with van der Waals surface area (Å²) in [6, 6.07) is 1.95. The van der Waals surface area contributed by atoms with E-state index in [9.17, 15) is 8.42 Å². The van der Waals surface area contributed by atoms with Crippen molar-refractivity contribution < 1.29 is 16.9 Å². The van der Waals surface area contributed by atoms with Gasteiger partial charge in [-0.3, -0.25) is 0 Å². The van der Waals surface area contributed by atoms with Crippen LogP contribution in [0.3, 0.4) is 0 Å². The second-order valence-electron chi connectivity index (χ2n) is 5.76. The molecular weight excluding hydrogens is 292 g/mol. The molecule has 7 heteroatoms. The smallest absolute Gasteiger partial charge is 0.246 e. The number of oxime groups is 1. The van der Waals surface area contributed by atoms with Crippen LogP contribution in [0.2, 0.25) is 0 Å². The molecule has 0 bridgehead atoms. The van der Waals surface area contributed by atoms with Crippen molar-refractivity contribution in [3.05, 3.63) is 0 Å². The molecule has 0 aromatic carbocycles. The quantitative estimate of drug-likeness (QED) is 0.574. The maximum Gasteiger partial charge on any atom is 0.469 e. The molecule has 2 fully saturated rings. The summed E-state index contributed by atoms with van der Waals surface area (Å²) in [5, 5.41) is 12.6. The van der Waals surface area contributed by atoms with Crippen LogP contribution in [0.15, 0.2) is 5.16 Å². The molecule has 0 heterocycles. The van der Waals surface area contributed by atoms with Crippen LogP contribution in [-0.4, -0.2) is 20.2 Å². The molecule has 0 unspecified atom stereocenters. The summed E-state index contributed by atoms with van der Waals surface area (Å²) >= 11 is 0. The predicted molar refractivity (Wildman–Crippen MR) is 77.6 cm³/mol. The Labute approximate surface area is 126 Å². The van der Waals surface area contributed by atoms with E-state index in [1.54, 1.807) is 0 Å². The topological polar surface area (TPSA) is 88.8 Å². The molecule has 2 saturated carbocycles. The third-order valence-corrected chi connectivity index (χ3v) is 4.90. The molecule has 0 atom stereocenters. The Morgan fingerprint density at radius 3 is 2.14 bits per heavy atom. The molecule has 0 amide bonds. The van der Waals surface area contributed by atoms with Gasteiger partial charge in [0.2, 0.25) is 0 Å². The molecule has 0 N–H and O–H groups in total. The minimum Gasteiger partial charge on any atom is -0.246 e. The zero-order valence-corrected chi connectivity index (χ0v) is 13.0. The molecule has 2 aliphatic rings. The highest BCUT2D eigenvalue weighted by molar-refractivity contribution is 7.81. The number of hydrogen-bond acceptors (Lipinski definition) is 6. The summed E-state index contributed by atoms with van der Waals surface area (Å²) in [4.78, 5) is 0. The van der Waals surface area contributed by atoms with Gasteiger partial charge in [-0.05, 0) is 25.7 Å². The van der Waals surface area contributed by atoms with Crippen molar-refractivity contribution in [3.63, 3.8) is 0 Å². The summed E-state index contributed by atoms with van der Waals surface area (Å²) in [6.45, 7) is 0. The van der Waals surface area contributed by atoms with Gasteiger partial charge in [0.25, 0.3) is 0 Å². The monoisotopic (exact) mass is 314 g/mol. The lowest BCUT2D eigenvalue weighted by molar-refractivity contribution is 0.126. The van der Waals surface area contributed by atoms with Crippen molar-refractivity contribution in [2.45, 2.75) is 70.3 Å². The van der Waals surface area contributed by atoms with Gasteiger partial charge in [0.1, 0.15) is 6.07 Å². The largest absolute Gasteiger partial charge is 0.469 e. The summed E-state index contributed by atoms with van der Waals surface area (Å²) in [5.41, 5.74) is 0.158. The molecule has 0 aromatic heterocycles. The first-order chi connectivity index (χ1) is 10.1. The Hall–Kier alpha value is -1.13. The van der Waals surface area contributed by atoms with Gasteiger partial charge in [-0.25, -0.2) is 8.47 Å². The lowest BCUT2D eigenvalue weighted by Crippen LogP contribution is -2.22. The minimum atomic E-state index is -4.16. The van der Waals surface area contributed by atoms with E-state index in [-0.39, 0.29) is 17.7 Å². The molecule has 0 spiro atoms. The average molecular weight is 314 g/mol. The molecule has 118 valence electrons. The van der Waals surface area contributed by atoms with Crippen molar-refractivity contribution in [2.24, 2.45) is 11.1 Å². The first kappa shape index (κ1) is 16.2. The molecule has 0 saturated heterocycles. The first-order valence-electron chi connectivity index (χ1n) is 7.70. The second kappa shape index (κ2) is 7.76. The number of hydrogen-bond donors (Lipinski definition) is 0. The SMILES string of the molecule is N#CC(=NOS(=O)(=O)OC1CCCCC1)C1CCCCC1. The van der Waals surface area contributed by atoms with Crippen LogP contribution >= 0.6 is 0 Å². The van der Waals surface area contributed by atoms with E-state index in [4.69, 9.17) is 9.44 Å². The van der Waals surface area contributed by atoms with E-state index in [0.717, 1.165) is 64.2 Å². The van der Waals surface area contributed by atoms with Gasteiger partial charge in [-0.2, -0.15) is 13.7 Å². The van der Waals surface area contributed by atoms with Crippen molar-refractivity contribution >= 4 is 16.1 Å². The van der Waals surface area contributed by atoms with Gasteiger partial charge in [0.15, 0.2) is 5.71 Å². The van der Waals surface area contributed by atoms with Gasteiger partial charge in [0.05, 0.1) is 6.10 Å². The minimum absolute atomic E-state index is 0.00799. The molecule has 0 aromatic rings. The number of nitrogens with zero attached hydrogens (tertiary/aromatic N) is 2. The third-order valence-electron chi connectivity index (χ3n) is 4.14. The zero-order chi connectivity index (χ0) is 15.1. The first-order valence-corrected chi connectivity index (χ1v) is 9.04. The van der Waals surface area contributed by atoms with E-state index in [0.29, 0.717) is 0 Å². The van der Waals surface area contributed by atoms with Crippen LogP contribution in [0, 0.1) is 17.2 Å². The highest BCUT2D eigenvalue weighted by Gasteiger charge is 2.25. The van der Waals surface area contributed by atoms with Gasteiger partial charge >= 0.3 is 10.4 Å². The Balaban J connectivity index is 1.91. The van der Waals surface area contributed by atoms with Crippen LogP contribution in [0.1, 0.15) is 64.2 Å². The summed E-state index contributed by atoms with van der Waals surface area (Å²) in [6.07, 6.45) is 9.12. The van der Waals surface area contributed by atoms with Crippen molar-refractivity contribution in [3.8, 4) is 6.07 Å².